The number of pyridine rings is 1. The van der Waals surface area contributed by atoms with E-state index in [1.807, 2.05) is 6.07 Å². The Labute approximate surface area is 159 Å². The van der Waals surface area contributed by atoms with Gasteiger partial charge in [0.05, 0.1) is 22.3 Å². The fraction of sp³-hybridized carbons (Fsp3) is 0.200. The molecule has 28 heavy (non-hydrogen) atoms. The summed E-state index contributed by atoms with van der Waals surface area (Å²) in [5.74, 6) is 0.146. The Morgan fingerprint density at radius 1 is 1.29 bits per heavy atom. The fourth-order valence-electron chi connectivity index (χ4n) is 3.31. The second kappa shape index (κ2) is 6.19. The van der Waals surface area contributed by atoms with Gasteiger partial charge >= 0.3 is 5.69 Å². The lowest BCUT2D eigenvalue weighted by Crippen LogP contribution is -2.15. The normalized spacial score (nSPS) is 13.8. The minimum Gasteiger partial charge on any atom is -0.336 e. The highest BCUT2D eigenvalue weighted by molar-refractivity contribution is 6.12. The number of benzene rings is 1. The molecular formula is C20H17N5O3. The highest BCUT2D eigenvalue weighted by Gasteiger charge is 2.28. The third kappa shape index (κ3) is 2.79. The van der Waals surface area contributed by atoms with E-state index in [1.165, 1.54) is 4.57 Å². The number of aromatic amines is 1. The van der Waals surface area contributed by atoms with Crippen molar-refractivity contribution in [2.45, 2.75) is 25.7 Å². The minimum absolute atomic E-state index is 0.216. The molecular weight excluding hydrogens is 358 g/mol. The molecule has 0 saturated heterocycles. The molecule has 0 unspecified atom stereocenters. The Morgan fingerprint density at radius 2 is 2.07 bits per heavy atom. The number of carbonyl (C=O) groups is 1. The predicted molar refractivity (Wildman–Crippen MR) is 103 cm³/mol. The molecule has 8 heteroatoms. The standard InChI is InChI=1S/C20H17N5O3/c1-11-17-15(10-16(12-2-3-12)23-19(17)28-24-11)18(26)22-13-4-6-14(7-5-13)25-9-8-21-20(25)27/h4-10,12H,2-3H2,1H3,(H,21,27)(H,22,26). The summed E-state index contributed by atoms with van der Waals surface area (Å²) < 4.78 is 6.79. The second-order valence-corrected chi connectivity index (χ2v) is 6.95. The van der Waals surface area contributed by atoms with E-state index in [2.05, 4.69) is 20.4 Å². The van der Waals surface area contributed by atoms with E-state index in [1.54, 1.807) is 43.6 Å². The molecule has 1 saturated carbocycles. The van der Waals surface area contributed by atoms with Crippen LogP contribution in [-0.4, -0.2) is 25.6 Å². The Hall–Kier alpha value is -3.68. The van der Waals surface area contributed by atoms with Crippen LogP contribution in [0.5, 0.6) is 0 Å². The number of rotatable bonds is 4. The van der Waals surface area contributed by atoms with Crippen molar-refractivity contribution in [3.8, 4) is 5.69 Å². The SMILES string of the molecule is Cc1noc2nc(C3CC3)cc(C(=O)Nc3ccc(-n4cc[nH]c4=O)cc3)c12. The van der Waals surface area contributed by atoms with Crippen LogP contribution < -0.4 is 11.0 Å². The van der Waals surface area contributed by atoms with E-state index in [9.17, 15) is 9.59 Å². The van der Waals surface area contributed by atoms with Gasteiger partial charge in [0, 0.05) is 29.7 Å². The topological polar surface area (TPSA) is 106 Å². The van der Waals surface area contributed by atoms with Gasteiger partial charge in [0.15, 0.2) is 0 Å². The lowest BCUT2D eigenvalue weighted by molar-refractivity contribution is 0.102. The Kier molecular flexibility index (Phi) is 3.65. The van der Waals surface area contributed by atoms with Crippen LogP contribution in [0.25, 0.3) is 16.8 Å². The number of anilines is 1. The third-order valence-electron chi connectivity index (χ3n) is 4.93. The van der Waals surface area contributed by atoms with Crippen LogP contribution in [0.2, 0.25) is 0 Å². The first-order valence-corrected chi connectivity index (χ1v) is 9.05. The molecule has 0 spiro atoms. The maximum atomic E-state index is 13.0. The summed E-state index contributed by atoms with van der Waals surface area (Å²) in [6.45, 7) is 1.80. The molecule has 0 radical (unpaired) electrons. The number of amides is 1. The van der Waals surface area contributed by atoms with Crippen molar-refractivity contribution in [1.29, 1.82) is 0 Å². The Balaban J connectivity index is 1.46. The van der Waals surface area contributed by atoms with Crippen molar-refractivity contribution in [2.24, 2.45) is 0 Å². The number of fused-ring (bicyclic) bond motifs is 1. The molecule has 0 bridgehead atoms. The van der Waals surface area contributed by atoms with E-state index in [-0.39, 0.29) is 11.6 Å². The Bertz CT molecular complexity index is 1250. The lowest BCUT2D eigenvalue weighted by atomic mass is 10.1. The van der Waals surface area contributed by atoms with E-state index in [0.29, 0.717) is 39.6 Å². The number of hydrogen-bond donors (Lipinski definition) is 2. The van der Waals surface area contributed by atoms with Crippen LogP contribution in [0, 0.1) is 6.92 Å². The van der Waals surface area contributed by atoms with Gasteiger partial charge in [-0.3, -0.25) is 9.36 Å². The molecule has 3 heterocycles. The first-order chi connectivity index (χ1) is 13.6. The lowest BCUT2D eigenvalue weighted by Gasteiger charge is -2.09. The number of hydrogen-bond acceptors (Lipinski definition) is 5. The summed E-state index contributed by atoms with van der Waals surface area (Å²) >= 11 is 0. The van der Waals surface area contributed by atoms with Gasteiger partial charge in [-0.15, -0.1) is 0 Å². The van der Waals surface area contributed by atoms with Crippen molar-refractivity contribution < 1.29 is 9.32 Å². The number of carbonyl (C=O) groups excluding carboxylic acids is 1. The molecule has 1 fully saturated rings. The van der Waals surface area contributed by atoms with E-state index >= 15 is 0 Å². The number of H-pyrrole nitrogens is 1. The second-order valence-electron chi connectivity index (χ2n) is 6.95. The first kappa shape index (κ1) is 16.5. The van der Waals surface area contributed by atoms with Crippen LogP contribution in [0.15, 0.2) is 52.0 Å². The van der Waals surface area contributed by atoms with Crippen molar-refractivity contribution in [2.75, 3.05) is 5.32 Å². The average molecular weight is 375 g/mol. The van der Waals surface area contributed by atoms with Gasteiger partial charge in [-0.1, -0.05) is 5.16 Å². The predicted octanol–water partition coefficient (Wildman–Crippen LogP) is 3.14. The molecule has 0 atom stereocenters. The van der Waals surface area contributed by atoms with E-state index in [0.717, 1.165) is 18.5 Å². The van der Waals surface area contributed by atoms with Crippen LogP contribution in [0.3, 0.4) is 0 Å². The number of nitrogens with one attached hydrogen (secondary N) is 2. The van der Waals surface area contributed by atoms with Crippen molar-refractivity contribution >= 4 is 22.7 Å². The molecule has 3 aromatic heterocycles. The van der Waals surface area contributed by atoms with Crippen LogP contribution in [0.4, 0.5) is 5.69 Å². The number of aromatic nitrogens is 4. The molecule has 4 aromatic rings. The summed E-state index contributed by atoms with van der Waals surface area (Å²) in [5, 5.41) is 7.51. The molecule has 0 aliphatic heterocycles. The maximum absolute atomic E-state index is 13.0. The highest BCUT2D eigenvalue weighted by Crippen LogP contribution is 2.40. The minimum atomic E-state index is -0.243. The largest absolute Gasteiger partial charge is 0.336 e. The van der Waals surface area contributed by atoms with Gasteiger partial charge in [-0.05, 0) is 50.1 Å². The van der Waals surface area contributed by atoms with E-state index < -0.39 is 0 Å². The molecule has 1 amide bonds. The van der Waals surface area contributed by atoms with Gasteiger partial charge in [0.25, 0.3) is 11.6 Å². The van der Waals surface area contributed by atoms with Gasteiger partial charge < -0.3 is 14.8 Å². The summed E-state index contributed by atoms with van der Waals surface area (Å²) in [7, 11) is 0. The summed E-state index contributed by atoms with van der Waals surface area (Å²) in [4.78, 5) is 31.8. The summed E-state index contributed by atoms with van der Waals surface area (Å²) in [5.41, 5.74) is 3.54. The maximum Gasteiger partial charge on any atom is 0.330 e. The number of aryl methyl sites for hydroxylation is 1. The quantitative estimate of drug-likeness (QED) is 0.570. The van der Waals surface area contributed by atoms with Crippen molar-refractivity contribution in [3.05, 3.63) is 70.2 Å². The van der Waals surface area contributed by atoms with Gasteiger partial charge in [0.1, 0.15) is 0 Å². The monoisotopic (exact) mass is 375 g/mol. The van der Waals surface area contributed by atoms with Crippen molar-refractivity contribution in [3.63, 3.8) is 0 Å². The first-order valence-electron chi connectivity index (χ1n) is 9.05. The number of nitrogens with zero attached hydrogens (tertiary/aromatic N) is 3. The molecule has 5 rings (SSSR count). The van der Waals surface area contributed by atoms with Crippen molar-refractivity contribution in [1.82, 2.24) is 19.7 Å². The zero-order valence-electron chi connectivity index (χ0n) is 15.1. The van der Waals surface area contributed by atoms with Gasteiger partial charge in [-0.2, -0.15) is 0 Å². The molecule has 1 aliphatic carbocycles. The average Bonchev–Trinajstić information content (AvgIpc) is 3.37. The molecule has 140 valence electrons. The smallest absolute Gasteiger partial charge is 0.330 e. The zero-order chi connectivity index (χ0) is 19.3. The van der Waals surface area contributed by atoms with Gasteiger partial charge in [0.2, 0.25) is 0 Å². The summed E-state index contributed by atoms with van der Waals surface area (Å²) in [6, 6.07) is 8.90. The number of imidazole rings is 1. The molecule has 1 aromatic carbocycles. The van der Waals surface area contributed by atoms with Gasteiger partial charge in [-0.25, -0.2) is 9.78 Å². The van der Waals surface area contributed by atoms with Crippen LogP contribution >= 0.6 is 0 Å². The summed E-state index contributed by atoms with van der Waals surface area (Å²) in [6.07, 6.45) is 5.38. The molecule has 1 aliphatic rings. The van der Waals surface area contributed by atoms with E-state index in [4.69, 9.17) is 4.52 Å². The van der Waals surface area contributed by atoms with Crippen LogP contribution in [-0.2, 0) is 0 Å². The molecule has 8 nitrogen and oxygen atoms in total. The molecule has 2 N–H and O–H groups in total. The Morgan fingerprint density at radius 3 is 2.75 bits per heavy atom. The zero-order valence-corrected chi connectivity index (χ0v) is 15.1. The third-order valence-corrected chi connectivity index (χ3v) is 4.93. The van der Waals surface area contributed by atoms with Crippen LogP contribution in [0.1, 0.15) is 40.5 Å². The highest BCUT2D eigenvalue weighted by atomic mass is 16.5. The fourth-order valence-corrected chi connectivity index (χ4v) is 3.31.